The monoisotopic (exact) mass is 622 g/mol. The third-order valence-corrected chi connectivity index (χ3v) is 13.4. The van der Waals surface area contributed by atoms with Crippen molar-refractivity contribution in [1.29, 1.82) is 0 Å². The van der Waals surface area contributed by atoms with E-state index in [1.165, 1.54) is 57.8 Å². The van der Waals surface area contributed by atoms with Crippen molar-refractivity contribution in [2.45, 2.75) is 136 Å². The van der Waals surface area contributed by atoms with Gasteiger partial charge in [-0.05, 0) is 169 Å². The van der Waals surface area contributed by atoms with Gasteiger partial charge in [-0.2, -0.15) is 0 Å². The molecule has 7 heteroatoms. The fourth-order valence-corrected chi connectivity index (χ4v) is 10.8. The normalized spacial score (nSPS) is 39.3. The van der Waals surface area contributed by atoms with Crippen LogP contribution in [0.2, 0.25) is 0 Å². The zero-order valence-corrected chi connectivity index (χ0v) is 28.4. The Balaban J connectivity index is 1.21. The van der Waals surface area contributed by atoms with Crippen LogP contribution in [0.15, 0.2) is 0 Å². The first kappa shape index (κ1) is 31.8. The highest BCUT2D eigenvalue weighted by molar-refractivity contribution is 5.69. The second-order valence-electron chi connectivity index (χ2n) is 16.0. The first-order valence-electron chi connectivity index (χ1n) is 20.1. The number of unbranched alkanes of at least 4 members (excludes halogenated alkanes) is 1. The highest BCUT2D eigenvalue weighted by atomic mass is 16.4. The Kier molecular flexibility index (Phi) is 12.2. The molecular weight excluding hydrogens is 548 g/mol. The average Bonchev–Trinajstić information content (AvgIpc) is 3.36. The smallest absolute Gasteiger partial charge is 0.306 e. The standard InChI is InChI=1S/C37H70N4O3/c1-26(10-7-11-27(2)35(43)44)30-12-13-31-34-32(15-17-37(30,31)4)36(3)16-14-29(24-28(36)25-33(34)42)41-23-9-22-40-20-6-5-19-39-21-8-18-38/h26-34,39-42H,5-25,38H2,1-4H3,(H,43,44)/t26-,27?,28-,29+,30-,31?,32?,33-,34?,36+,37-/m1/s1/i2D3. The first-order chi connectivity index (χ1) is 22.3. The summed E-state index contributed by atoms with van der Waals surface area (Å²) >= 11 is 0. The molecular formula is C37H70N4O3. The van der Waals surface area contributed by atoms with Crippen molar-refractivity contribution < 1.29 is 19.1 Å². The molecule has 11 atom stereocenters. The molecule has 0 radical (unpaired) electrons. The molecule has 0 aromatic rings. The SMILES string of the molecule is [2H]C([2H])([2H])C(CCC[C@@H](C)[C@H]1CCC2C3C(CC[C@@]21C)[C@@]1(C)CC[C@H](NCCCNCCCCNCCCN)C[C@@H]1C[C@H]3O)C(=O)O. The molecule has 256 valence electrons. The lowest BCUT2D eigenvalue weighted by molar-refractivity contribution is -0.167. The Hall–Kier alpha value is -0.730. The van der Waals surface area contributed by atoms with Crippen LogP contribution in [0.4, 0.5) is 0 Å². The molecule has 0 spiro atoms. The number of rotatable bonds is 19. The second kappa shape index (κ2) is 16.9. The van der Waals surface area contributed by atoms with Crippen LogP contribution in [0.25, 0.3) is 0 Å². The number of hydrogen-bond donors (Lipinski definition) is 6. The van der Waals surface area contributed by atoms with Gasteiger partial charge in [0.05, 0.1) is 12.0 Å². The van der Waals surface area contributed by atoms with E-state index in [-0.39, 0.29) is 17.9 Å². The number of aliphatic hydroxyl groups is 1. The second-order valence-corrected chi connectivity index (χ2v) is 16.0. The van der Waals surface area contributed by atoms with Gasteiger partial charge in [-0.3, -0.25) is 4.79 Å². The lowest BCUT2D eigenvalue weighted by Crippen LogP contribution is -2.59. The van der Waals surface area contributed by atoms with Gasteiger partial charge in [0.15, 0.2) is 0 Å². The summed E-state index contributed by atoms with van der Waals surface area (Å²) < 4.78 is 22.9. The Labute approximate surface area is 274 Å². The molecule has 4 rings (SSSR count). The molecule has 0 amide bonds. The number of carbonyl (C=O) groups is 1. The molecule has 4 fully saturated rings. The lowest BCUT2D eigenvalue weighted by Gasteiger charge is -2.62. The number of nitrogens with two attached hydrogens (primary N) is 1. The van der Waals surface area contributed by atoms with Crippen LogP contribution in [0.3, 0.4) is 0 Å². The number of carboxylic acid groups (broad SMARTS) is 1. The molecule has 0 aliphatic heterocycles. The maximum absolute atomic E-state index is 11.8. The molecule has 4 unspecified atom stereocenters. The van der Waals surface area contributed by atoms with Gasteiger partial charge in [-0.15, -0.1) is 0 Å². The summed E-state index contributed by atoms with van der Waals surface area (Å²) in [5.41, 5.74) is 6.05. The van der Waals surface area contributed by atoms with E-state index in [2.05, 4.69) is 36.7 Å². The summed E-state index contributed by atoms with van der Waals surface area (Å²) in [5, 5.41) is 32.2. The molecule has 0 heterocycles. The van der Waals surface area contributed by atoms with Crippen LogP contribution in [0.5, 0.6) is 0 Å². The van der Waals surface area contributed by atoms with Gasteiger partial charge in [-0.1, -0.05) is 40.5 Å². The highest BCUT2D eigenvalue weighted by Crippen LogP contribution is 2.68. The van der Waals surface area contributed by atoms with Crippen molar-refractivity contribution in [3.63, 3.8) is 0 Å². The molecule has 4 saturated carbocycles. The molecule has 44 heavy (non-hydrogen) atoms. The average molecular weight is 622 g/mol. The van der Waals surface area contributed by atoms with Crippen LogP contribution >= 0.6 is 0 Å². The summed E-state index contributed by atoms with van der Waals surface area (Å²) in [4.78, 5) is 11.6. The summed E-state index contributed by atoms with van der Waals surface area (Å²) in [6.07, 6.45) is 15.6. The van der Waals surface area contributed by atoms with E-state index in [0.29, 0.717) is 53.4 Å². The minimum atomic E-state index is -2.45. The molecule has 0 aromatic carbocycles. The van der Waals surface area contributed by atoms with E-state index in [1.54, 1.807) is 0 Å². The molecule has 4 aliphatic rings. The predicted octanol–water partition coefficient (Wildman–Crippen LogP) is 5.80. The van der Waals surface area contributed by atoms with E-state index in [4.69, 9.17) is 9.85 Å². The summed E-state index contributed by atoms with van der Waals surface area (Å²) in [6, 6.07) is 0.563. The Morgan fingerprint density at radius 3 is 2.27 bits per heavy atom. The zero-order chi connectivity index (χ0) is 34.2. The number of fused-ring (bicyclic) bond motifs is 5. The summed E-state index contributed by atoms with van der Waals surface area (Å²) in [7, 11) is 0. The van der Waals surface area contributed by atoms with Gasteiger partial charge >= 0.3 is 5.97 Å². The van der Waals surface area contributed by atoms with Crippen molar-refractivity contribution in [3.05, 3.63) is 0 Å². The highest BCUT2D eigenvalue weighted by Gasteiger charge is 2.62. The maximum Gasteiger partial charge on any atom is 0.306 e. The van der Waals surface area contributed by atoms with Crippen molar-refractivity contribution in [2.75, 3.05) is 39.3 Å². The van der Waals surface area contributed by atoms with Gasteiger partial charge < -0.3 is 31.9 Å². The fraction of sp³-hybridized carbons (Fsp3) is 0.973. The Bertz CT molecular complexity index is 972. The summed E-state index contributed by atoms with van der Waals surface area (Å²) in [5.74, 6) is 0.627. The van der Waals surface area contributed by atoms with Gasteiger partial charge in [0.1, 0.15) is 0 Å². The third-order valence-electron chi connectivity index (χ3n) is 13.4. The van der Waals surface area contributed by atoms with E-state index in [1.807, 2.05) is 0 Å². The van der Waals surface area contributed by atoms with Gasteiger partial charge in [0, 0.05) is 10.2 Å². The maximum atomic E-state index is 11.8. The summed E-state index contributed by atoms with van der Waals surface area (Å²) in [6.45, 7) is 11.0. The van der Waals surface area contributed by atoms with E-state index in [0.717, 1.165) is 65.0 Å². The minimum absolute atomic E-state index is 0.204. The zero-order valence-electron chi connectivity index (χ0n) is 31.4. The van der Waals surface area contributed by atoms with Crippen LogP contribution in [-0.4, -0.2) is 67.6 Å². The molecule has 4 aliphatic carbocycles. The van der Waals surface area contributed by atoms with Gasteiger partial charge in [-0.25, -0.2) is 0 Å². The topological polar surface area (TPSA) is 120 Å². The Morgan fingerprint density at radius 1 is 0.886 bits per heavy atom. The number of aliphatic hydroxyl groups excluding tert-OH is 1. The largest absolute Gasteiger partial charge is 0.481 e. The van der Waals surface area contributed by atoms with Crippen LogP contribution in [-0.2, 0) is 4.79 Å². The quantitative estimate of drug-likeness (QED) is 0.101. The van der Waals surface area contributed by atoms with E-state index < -0.39 is 18.7 Å². The van der Waals surface area contributed by atoms with Crippen LogP contribution in [0, 0.1) is 52.3 Å². The van der Waals surface area contributed by atoms with Crippen molar-refractivity contribution >= 4 is 5.97 Å². The number of carboxylic acids is 1. The molecule has 7 nitrogen and oxygen atoms in total. The van der Waals surface area contributed by atoms with E-state index in [9.17, 15) is 15.0 Å². The molecule has 0 saturated heterocycles. The van der Waals surface area contributed by atoms with Crippen molar-refractivity contribution in [3.8, 4) is 0 Å². The minimum Gasteiger partial charge on any atom is -0.481 e. The third kappa shape index (κ3) is 8.59. The van der Waals surface area contributed by atoms with Gasteiger partial charge in [0.2, 0.25) is 0 Å². The fourth-order valence-electron chi connectivity index (χ4n) is 10.8. The Morgan fingerprint density at radius 2 is 1.57 bits per heavy atom. The number of hydrogen-bond acceptors (Lipinski definition) is 6. The number of aliphatic carboxylic acids is 1. The molecule has 0 aromatic heterocycles. The van der Waals surface area contributed by atoms with Gasteiger partial charge in [0.25, 0.3) is 0 Å². The van der Waals surface area contributed by atoms with E-state index >= 15 is 0 Å². The molecule has 7 N–H and O–H groups in total. The molecule has 0 bridgehead atoms. The van der Waals surface area contributed by atoms with Crippen molar-refractivity contribution in [1.82, 2.24) is 16.0 Å². The lowest BCUT2D eigenvalue weighted by atomic mass is 9.43. The van der Waals surface area contributed by atoms with Crippen molar-refractivity contribution in [2.24, 2.45) is 58.0 Å². The van der Waals surface area contributed by atoms with Crippen LogP contribution in [0.1, 0.15) is 128 Å². The predicted molar refractivity (Wildman–Crippen MR) is 181 cm³/mol. The van der Waals surface area contributed by atoms with Crippen LogP contribution < -0.4 is 21.7 Å². The first-order valence-corrected chi connectivity index (χ1v) is 18.6. The number of nitrogens with one attached hydrogen (secondary N) is 3.